The van der Waals surface area contributed by atoms with Crippen LogP contribution in [-0.2, 0) is 0 Å². The standard InChI is InChI=1S/C12H20/c1-9-10(2)12(5,6)8-7-11(9,3)4/h7-8H,1-6H3. The minimum Gasteiger partial charge on any atom is -0.0780 e. The number of hydrogen-bond acceptors (Lipinski definition) is 0. The van der Waals surface area contributed by atoms with Gasteiger partial charge in [-0.15, -0.1) is 0 Å². The van der Waals surface area contributed by atoms with E-state index in [4.69, 9.17) is 0 Å². The third-order valence-corrected chi connectivity index (χ3v) is 3.41. The lowest BCUT2D eigenvalue weighted by atomic mass is 9.69. The van der Waals surface area contributed by atoms with E-state index in [1.807, 2.05) is 0 Å². The monoisotopic (exact) mass is 164 g/mol. The molecule has 0 saturated heterocycles. The van der Waals surface area contributed by atoms with E-state index in [1.165, 1.54) is 11.1 Å². The van der Waals surface area contributed by atoms with Crippen molar-refractivity contribution in [3.05, 3.63) is 23.3 Å². The SMILES string of the molecule is CC1=C(C)C(C)(C)C=CC1(C)C. The maximum atomic E-state index is 2.33. The molecule has 0 aromatic heterocycles. The lowest BCUT2D eigenvalue weighted by Crippen LogP contribution is -2.23. The lowest BCUT2D eigenvalue weighted by molar-refractivity contribution is 0.476. The first kappa shape index (κ1) is 9.57. The van der Waals surface area contributed by atoms with Crippen LogP contribution in [0.1, 0.15) is 41.5 Å². The van der Waals surface area contributed by atoms with Crippen molar-refractivity contribution >= 4 is 0 Å². The molecule has 0 saturated carbocycles. The van der Waals surface area contributed by atoms with E-state index < -0.39 is 0 Å². The van der Waals surface area contributed by atoms with E-state index in [1.54, 1.807) is 0 Å². The highest BCUT2D eigenvalue weighted by molar-refractivity contribution is 5.34. The Labute approximate surface area is 76.4 Å². The van der Waals surface area contributed by atoms with Crippen molar-refractivity contribution in [2.45, 2.75) is 41.5 Å². The van der Waals surface area contributed by atoms with Gasteiger partial charge in [0.25, 0.3) is 0 Å². The van der Waals surface area contributed by atoms with Crippen LogP contribution in [-0.4, -0.2) is 0 Å². The molecule has 0 radical (unpaired) electrons. The summed E-state index contributed by atoms with van der Waals surface area (Å²) >= 11 is 0. The summed E-state index contributed by atoms with van der Waals surface area (Å²) in [5.41, 5.74) is 3.57. The Balaban J connectivity index is 3.18. The van der Waals surface area contributed by atoms with E-state index >= 15 is 0 Å². The van der Waals surface area contributed by atoms with Gasteiger partial charge in [0.05, 0.1) is 0 Å². The Morgan fingerprint density at radius 3 is 1.25 bits per heavy atom. The number of hydrogen-bond donors (Lipinski definition) is 0. The molecular weight excluding hydrogens is 144 g/mol. The fourth-order valence-electron chi connectivity index (χ4n) is 1.63. The van der Waals surface area contributed by atoms with Crippen molar-refractivity contribution in [3.63, 3.8) is 0 Å². The van der Waals surface area contributed by atoms with Crippen LogP contribution in [0, 0.1) is 10.8 Å². The molecule has 0 spiro atoms. The van der Waals surface area contributed by atoms with Gasteiger partial charge in [-0.05, 0) is 13.8 Å². The molecule has 0 nitrogen and oxygen atoms in total. The second-order valence-electron chi connectivity index (χ2n) is 5.03. The molecule has 0 heteroatoms. The van der Waals surface area contributed by atoms with Gasteiger partial charge in [0.1, 0.15) is 0 Å². The third-order valence-electron chi connectivity index (χ3n) is 3.41. The molecule has 0 aliphatic heterocycles. The predicted molar refractivity (Wildman–Crippen MR) is 55.1 cm³/mol. The smallest absolute Gasteiger partial charge is 0.00346 e. The van der Waals surface area contributed by atoms with Crippen LogP contribution in [0.15, 0.2) is 23.3 Å². The van der Waals surface area contributed by atoms with Crippen LogP contribution in [0.4, 0.5) is 0 Å². The zero-order valence-corrected chi connectivity index (χ0v) is 9.15. The average molecular weight is 164 g/mol. The van der Waals surface area contributed by atoms with Crippen molar-refractivity contribution in [3.8, 4) is 0 Å². The van der Waals surface area contributed by atoms with Gasteiger partial charge in [0.2, 0.25) is 0 Å². The van der Waals surface area contributed by atoms with Gasteiger partial charge in [-0.2, -0.15) is 0 Å². The van der Waals surface area contributed by atoms with Crippen molar-refractivity contribution < 1.29 is 0 Å². The first-order valence-electron chi connectivity index (χ1n) is 4.66. The molecular formula is C12H20. The van der Waals surface area contributed by atoms with Crippen molar-refractivity contribution in [1.29, 1.82) is 0 Å². The van der Waals surface area contributed by atoms with Gasteiger partial charge in [-0.3, -0.25) is 0 Å². The van der Waals surface area contributed by atoms with Gasteiger partial charge >= 0.3 is 0 Å². The van der Waals surface area contributed by atoms with Crippen molar-refractivity contribution in [2.75, 3.05) is 0 Å². The topological polar surface area (TPSA) is 0 Å². The second-order valence-corrected chi connectivity index (χ2v) is 5.03. The molecule has 1 rings (SSSR count). The first-order valence-corrected chi connectivity index (χ1v) is 4.66. The van der Waals surface area contributed by atoms with Crippen LogP contribution in [0.5, 0.6) is 0 Å². The summed E-state index contributed by atoms with van der Waals surface area (Å²) in [4.78, 5) is 0. The molecule has 12 heavy (non-hydrogen) atoms. The first-order chi connectivity index (χ1) is 5.27. The molecule has 0 amide bonds. The minimum absolute atomic E-state index is 0.263. The van der Waals surface area contributed by atoms with Crippen LogP contribution < -0.4 is 0 Å². The van der Waals surface area contributed by atoms with E-state index in [-0.39, 0.29) is 10.8 Å². The predicted octanol–water partition coefficient (Wildman–Crippen LogP) is 3.95. The molecule has 68 valence electrons. The molecule has 0 heterocycles. The van der Waals surface area contributed by atoms with Crippen LogP contribution in [0.2, 0.25) is 0 Å². The summed E-state index contributed by atoms with van der Waals surface area (Å²) in [5, 5.41) is 0. The van der Waals surface area contributed by atoms with Gasteiger partial charge in [-0.25, -0.2) is 0 Å². The largest absolute Gasteiger partial charge is 0.0780 e. The highest BCUT2D eigenvalue weighted by Crippen LogP contribution is 2.43. The summed E-state index contributed by atoms with van der Waals surface area (Å²) in [5.74, 6) is 0. The minimum atomic E-state index is 0.263. The van der Waals surface area contributed by atoms with Crippen LogP contribution >= 0.6 is 0 Å². The molecule has 0 bridgehead atoms. The van der Waals surface area contributed by atoms with Crippen LogP contribution in [0.3, 0.4) is 0 Å². The van der Waals surface area contributed by atoms with Gasteiger partial charge in [0, 0.05) is 10.8 Å². The van der Waals surface area contributed by atoms with Crippen LogP contribution in [0.25, 0.3) is 0 Å². The van der Waals surface area contributed by atoms with Crippen molar-refractivity contribution in [2.24, 2.45) is 10.8 Å². The summed E-state index contributed by atoms with van der Waals surface area (Å²) in [7, 11) is 0. The Hall–Kier alpha value is -0.520. The molecule has 0 fully saturated rings. The molecule has 1 aliphatic rings. The van der Waals surface area contributed by atoms with Gasteiger partial charge in [0.15, 0.2) is 0 Å². The lowest BCUT2D eigenvalue weighted by Gasteiger charge is -2.36. The fourth-order valence-corrected chi connectivity index (χ4v) is 1.63. The maximum absolute atomic E-state index is 2.33. The summed E-state index contributed by atoms with van der Waals surface area (Å²) in [6, 6.07) is 0. The Bertz CT molecular complexity index is 223. The summed E-state index contributed by atoms with van der Waals surface area (Å²) < 4.78 is 0. The Morgan fingerprint density at radius 1 is 0.750 bits per heavy atom. The van der Waals surface area contributed by atoms with E-state index in [0.717, 1.165) is 0 Å². The molecule has 0 N–H and O–H groups in total. The molecule has 1 aliphatic carbocycles. The van der Waals surface area contributed by atoms with E-state index in [9.17, 15) is 0 Å². The average Bonchev–Trinajstić information content (AvgIpc) is 1.96. The van der Waals surface area contributed by atoms with Gasteiger partial charge in [-0.1, -0.05) is 51.0 Å². The van der Waals surface area contributed by atoms with E-state index in [2.05, 4.69) is 53.7 Å². The fraction of sp³-hybridized carbons (Fsp3) is 0.667. The quantitative estimate of drug-likeness (QED) is 0.476. The molecule has 0 atom stereocenters. The molecule has 0 aromatic rings. The zero-order chi connectivity index (χ0) is 9.57. The maximum Gasteiger partial charge on any atom is 0.00346 e. The zero-order valence-electron chi connectivity index (χ0n) is 9.15. The highest BCUT2D eigenvalue weighted by atomic mass is 14.3. The highest BCUT2D eigenvalue weighted by Gasteiger charge is 2.29. The van der Waals surface area contributed by atoms with E-state index in [0.29, 0.717) is 0 Å². The second kappa shape index (κ2) is 2.48. The summed E-state index contributed by atoms with van der Waals surface area (Å²) in [6.07, 6.45) is 4.66. The normalized spacial score (nSPS) is 26.2. The summed E-state index contributed by atoms with van der Waals surface area (Å²) in [6.45, 7) is 13.6. The Morgan fingerprint density at radius 2 is 1.00 bits per heavy atom. The Kier molecular flexibility index (Phi) is 1.98. The third kappa shape index (κ3) is 1.35. The van der Waals surface area contributed by atoms with Crippen molar-refractivity contribution in [1.82, 2.24) is 0 Å². The molecule has 0 aromatic carbocycles. The van der Waals surface area contributed by atoms with Gasteiger partial charge < -0.3 is 0 Å². The number of allylic oxidation sites excluding steroid dienone is 4. The number of rotatable bonds is 0. The molecule has 0 unspecified atom stereocenters.